The van der Waals surface area contributed by atoms with E-state index in [0.29, 0.717) is 0 Å². The van der Waals surface area contributed by atoms with Crippen LogP contribution in [0.3, 0.4) is 0 Å². The highest BCUT2D eigenvalue weighted by molar-refractivity contribution is 5.82. The summed E-state index contributed by atoms with van der Waals surface area (Å²) in [7, 11) is 0. The van der Waals surface area contributed by atoms with Gasteiger partial charge in [-0.05, 0) is 59.4 Å². The minimum absolute atomic E-state index is 0.203. The van der Waals surface area contributed by atoms with Crippen molar-refractivity contribution in [3.05, 3.63) is 64.7 Å². The minimum atomic E-state index is 0.203. The summed E-state index contributed by atoms with van der Waals surface area (Å²) < 4.78 is 0. The second-order valence-corrected chi connectivity index (χ2v) is 7.25. The van der Waals surface area contributed by atoms with E-state index in [4.69, 9.17) is 4.99 Å². The van der Waals surface area contributed by atoms with Gasteiger partial charge in [0.1, 0.15) is 0 Å². The van der Waals surface area contributed by atoms with Crippen LogP contribution in [-0.4, -0.2) is 6.21 Å². The van der Waals surface area contributed by atoms with Gasteiger partial charge in [0.15, 0.2) is 0 Å². The van der Waals surface area contributed by atoms with Crippen molar-refractivity contribution in [1.29, 1.82) is 0 Å². The van der Waals surface area contributed by atoms with Crippen LogP contribution in [-0.2, 0) is 18.3 Å². The van der Waals surface area contributed by atoms with Crippen molar-refractivity contribution in [2.75, 3.05) is 0 Å². The van der Waals surface area contributed by atoms with E-state index in [1.54, 1.807) is 0 Å². The molecule has 0 N–H and O–H groups in total. The molecule has 2 aromatic rings. The SMILES string of the molecule is CC(C)(C)c1ccc(C=Nc2cccc3c2CCCC3)cc1. The Morgan fingerprint density at radius 1 is 0.909 bits per heavy atom. The lowest BCUT2D eigenvalue weighted by Crippen LogP contribution is -2.10. The lowest BCUT2D eigenvalue weighted by atomic mass is 9.87. The smallest absolute Gasteiger partial charge is 0.0664 e. The number of aliphatic imine (C=N–C) groups is 1. The molecule has 1 aliphatic carbocycles. The van der Waals surface area contributed by atoms with E-state index in [0.717, 1.165) is 5.69 Å². The summed E-state index contributed by atoms with van der Waals surface area (Å²) >= 11 is 0. The van der Waals surface area contributed by atoms with E-state index in [-0.39, 0.29) is 5.41 Å². The van der Waals surface area contributed by atoms with Gasteiger partial charge in [0.05, 0.1) is 5.69 Å². The minimum Gasteiger partial charge on any atom is -0.256 e. The second-order valence-electron chi connectivity index (χ2n) is 7.25. The highest BCUT2D eigenvalue weighted by Gasteiger charge is 2.13. The summed E-state index contributed by atoms with van der Waals surface area (Å²) in [4.78, 5) is 4.76. The Kier molecular flexibility index (Phi) is 4.15. The lowest BCUT2D eigenvalue weighted by Gasteiger charge is -2.18. The number of aryl methyl sites for hydroxylation is 1. The van der Waals surface area contributed by atoms with E-state index >= 15 is 0 Å². The molecule has 0 unspecified atom stereocenters. The zero-order chi connectivity index (χ0) is 15.6. The third-order valence-electron chi connectivity index (χ3n) is 4.50. The third-order valence-corrected chi connectivity index (χ3v) is 4.50. The van der Waals surface area contributed by atoms with E-state index in [1.165, 1.54) is 47.9 Å². The number of hydrogen-bond acceptors (Lipinski definition) is 1. The van der Waals surface area contributed by atoms with Gasteiger partial charge in [-0.2, -0.15) is 0 Å². The monoisotopic (exact) mass is 291 g/mol. The van der Waals surface area contributed by atoms with Crippen molar-refractivity contribution in [2.24, 2.45) is 4.99 Å². The summed E-state index contributed by atoms with van der Waals surface area (Å²) in [5, 5.41) is 0. The first-order valence-corrected chi connectivity index (χ1v) is 8.29. The molecule has 0 saturated heterocycles. The number of benzene rings is 2. The average Bonchev–Trinajstić information content (AvgIpc) is 2.52. The third kappa shape index (κ3) is 3.30. The molecule has 1 nitrogen and oxygen atoms in total. The predicted molar refractivity (Wildman–Crippen MR) is 95.5 cm³/mol. The molecular weight excluding hydrogens is 266 g/mol. The van der Waals surface area contributed by atoms with Crippen LogP contribution in [0.25, 0.3) is 0 Å². The van der Waals surface area contributed by atoms with Crippen LogP contribution in [0.5, 0.6) is 0 Å². The molecule has 114 valence electrons. The first-order valence-electron chi connectivity index (χ1n) is 8.29. The number of nitrogens with zero attached hydrogens (tertiary/aromatic N) is 1. The Bertz CT molecular complexity index is 672. The molecule has 0 fully saturated rings. The van der Waals surface area contributed by atoms with Gasteiger partial charge in [0.25, 0.3) is 0 Å². The fourth-order valence-electron chi connectivity index (χ4n) is 3.10. The zero-order valence-corrected chi connectivity index (χ0v) is 13.9. The Morgan fingerprint density at radius 2 is 1.64 bits per heavy atom. The Labute approximate surface area is 134 Å². The molecule has 22 heavy (non-hydrogen) atoms. The second kappa shape index (κ2) is 6.08. The molecule has 0 spiro atoms. The number of fused-ring (bicyclic) bond motifs is 1. The van der Waals surface area contributed by atoms with Crippen LogP contribution in [0.1, 0.15) is 55.9 Å². The van der Waals surface area contributed by atoms with Crippen molar-refractivity contribution < 1.29 is 0 Å². The summed E-state index contributed by atoms with van der Waals surface area (Å²) in [5.74, 6) is 0. The highest BCUT2D eigenvalue weighted by atomic mass is 14.7. The van der Waals surface area contributed by atoms with Gasteiger partial charge in [-0.1, -0.05) is 57.2 Å². The molecule has 0 heterocycles. The molecule has 0 saturated carbocycles. The molecule has 3 rings (SSSR count). The first kappa shape index (κ1) is 15.0. The summed E-state index contributed by atoms with van der Waals surface area (Å²) in [6, 6.07) is 15.3. The van der Waals surface area contributed by atoms with Crippen LogP contribution < -0.4 is 0 Å². The Hall–Kier alpha value is -1.89. The zero-order valence-electron chi connectivity index (χ0n) is 13.9. The molecule has 0 aromatic heterocycles. The number of hydrogen-bond donors (Lipinski definition) is 0. The van der Waals surface area contributed by atoms with Gasteiger partial charge >= 0.3 is 0 Å². The summed E-state index contributed by atoms with van der Waals surface area (Å²) in [5.41, 5.74) is 6.83. The maximum atomic E-state index is 4.76. The normalized spacial score (nSPS) is 15.0. The maximum Gasteiger partial charge on any atom is 0.0664 e. The molecule has 2 aromatic carbocycles. The van der Waals surface area contributed by atoms with Crippen molar-refractivity contribution in [2.45, 2.75) is 51.9 Å². The van der Waals surface area contributed by atoms with Crippen LogP contribution in [0.2, 0.25) is 0 Å². The van der Waals surface area contributed by atoms with E-state index in [1.807, 2.05) is 6.21 Å². The van der Waals surface area contributed by atoms with E-state index in [9.17, 15) is 0 Å². The van der Waals surface area contributed by atoms with Gasteiger partial charge in [-0.25, -0.2) is 0 Å². The summed E-state index contributed by atoms with van der Waals surface area (Å²) in [6.07, 6.45) is 6.98. The fraction of sp³-hybridized carbons (Fsp3) is 0.381. The van der Waals surface area contributed by atoms with Crippen LogP contribution in [0, 0.1) is 0 Å². The van der Waals surface area contributed by atoms with E-state index in [2.05, 4.69) is 63.2 Å². The lowest BCUT2D eigenvalue weighted by molar-refractivity contribution is 0.590. The van der Waals surface area contributed by atoms with Crippen LogP contribution in [0.4, 0.5) is 5.69 Å². The molecule has 0 amide bonds. The molecule has 0 radical (unpaired) electrons. The molecular formula is C21H25N. The van der Waals surface area contributed by atoms with Gasteiger partial charge in [-0.3, -0.25) is 4.99 Å². The van der Waals surface area contributed by atoms with Crippen LogP contribution in [0.15, 0.2) is 47.5 Å². The largest absolute Gasteiger partial charge is 0.256 e. The Balaban J connectivity index is 1.83. The Morgan fingerprint density at radius 3 is 2.36 bits per heavy atom. The van der Waals surface area contributed by atoms with Gasteiger partial charge < -0.3 is 0 Å². The molecule has 1 aliphatic rings. The van der Waals surface area contributed by atoms with Crippen molar-refractivity contribution in [1.82, 2.24) is 0 Å². The van der Waals surface area contributed by atoms with Crippen LogP contribution >= 0.6 is 0 Å². The maximum absolute atomic E-state index is 4.76. The first-order chi connectivity index (χ1) is 10.5. The average molecular weight is 291 g/mol. The highest BCUT2D eigenvalue weighted by Crippen LogP contribution is 2.29. The van der Waals surface area contributed by atoms with Crippen molar-refractivity contribution in [3.63, 3.8) is 0 Å². The molecule has 0 aliphatic heterocycles. The quantitative estimate of drug-likeness (QED) is 0.637. The fourth-order valence-corrected chi connectivity index (χ4v) is 3.10. The predicted octanol–water partition coefficient (Wildman–Crippen LogP) is 5.61. The number of rotatable bonds is 2. The topological polar surface area (TPSA) is 12.4 Å². The van der Waals surface area contributed by atoms with Gasteiger partial charge in [-0.15, -0.1) is 0 Å². The standard InChI is InChI=1S/C21H25N/c1-21(2,3)18-13-11-16(12-14-18)15-22-20-10-6-8-17-7-4-5-9-19(17)20/h6,8,10-15H,4-5,7,9H2,1-3H3. The molecule has 0 atom stereocenters. The van der Waals surface area contributed by atoms with Gasteiger partial charge in [0.2, 0.25) is 0 Å². The summed E-state index contributed by atoms with van der Waals surface area (Å²) in [6.45, 7) is 6.73. The van der Waals surface area contributed by atoms with Crippen molar-refractivity contribution >= 4 is 11.9 Å². The molecule has 0 bridgehead atoms. The van der Waals surface area contributed by atoms with Crippen molar-refractivity contribution in [3.8, 4) is 0 Å². The van der Waals surface area contributed by atoms with Gasteiger partial charge in [0, 0.05) is 6.21 Å². The van der Waals surface area contributed by atoms with E-state index < -0.39 is 0 Å². The molecule has 1 heteroatoms.